The third kappa shape index (κ3) is 3.65. The topological polar surface area (TPSA) is 24.5 Å². The van der Waals surface area contributed by atoms with Gasteiger partial charge in [-0.2, -0.15) is 0 Å². The fraction of sp³-hybridized carbons (Fsp3) is 0.667. The van der Waals surface area contributed by atoms with Gasteiger partial charge in [0.05, 0.1) is 0 Å². The van der Waals surface area contributed by atoms with Crippen LogP contribution in [-0.2, 0) is 4.74 Å². The zero-order valence-electron chi connectivity index (χ0n) is 13.2. The van der Waals surface area contributed by atoms with Crippen LogP contribution >= 0.6 is 0 Å². The number of hydrogen-bond acceptors (Lipinski definition) is 3. The first kappa shape index (κ1) is 15.0. The van der Waals surface area contributed by atoms with Gasteiger partial charge in [-0.3, -0.25) is 0 Å². The summed E-state index contributed by atoms with van der Waals surface area (Å²) >= 11 is 0. The lowest BCUT2D eigenvalue weighted by molar-refractivity contribution is -0.000221. The predicted molar refractivity (Wildman–Crippen MR) is 86.7 cm³/mol. The van der Waals surface area contributed by atoms with E-state index < -0.39 is 0 Å². The minimum Gasteiger partial charge on any atom is -0.381 e. The molecular weight excluding hydrogens is 260 g/mol. The van der Waals surface area contributed by atoms with Gasteiger partial charge >= 0.3 is 0 Å². The van der Waals surface area contributed by atoms with E-state index in [2.05, 4.69) is 47.6 Å². The smallest absolute Gasteiger partial charge is 0.0472 e. The minimum absolute atomic E-state index is 0.415. The van der Waals surface area contributed by atoms with Gasteiger partial charge in [-0.15, -0.1) is 0 Å². The van der Waals surface area contributed by atoms with Crippen molar-refractivity contribution in [1.29, 1.82) is 0 Å². The summed E-state index contributed by atoms with van der Waals surface area (Å²) in [4.78, 5) is 2.68. The van der Waals surface area contributed by atoms with Crippen molar-refractivity contribution in [2.75, 3.05) is 46.4 Å². The number of nitrogens with one attached hydrogen (secondary N) is 1. The fourth-order valence-electron chi connectivity index (χ4n) is 4.02. The van der Waals surface area contributed by atoms with Crippen molar-refractivity contribution in [1.82, 2.24) is 10.2 Å². The van der Waals surface area contributed by atoms with Crippen LogP contribution in [-0.4, -0.2) is 51.3 Å². The fourth-order valence-corrected chi connectivity index (χ4v) is 4.02. The monoisotopic (exact) mass is 288 g/mol. The molecule has 1 aromatic rings. The van der Waals surface area contributed by atoms with Crippen molar-refractivity contribution in [3.63, 3.8) is 0 Å². The lowest BCUT2D eigenvalue weighted by atomic mass is 9.79. The molecule has 3 rings (SSSR count). The molecule has 2 fully saturated rings. The summed E-state index contributed by atoms with van der Waals surface area (Å²) in [6.07, 6.45) is 3.69. The van der Waals surface area contributed by atoms with Gasteiger partial charge in [0.1, 0.15) is 0 Å². The third-order valence-electron chi connectivity index (χ3n) is 5.21. The maximum atomic E-state index is 5.58. The highest BCUT2D eigenvalue weighted by Gasteiger charge is 2.36. The van der Waals surface area contributed by atoms with Gasteiger partial charge in [-0.25, -0.2) is 0 Å². The van der Waals surface area contributed by atoms with E-state index in [1.54, 1.807) is 0 Å². The van der Waals surface area contributed by atoms with Gasteiger partial charge in [-0.1, -0.05) is 30.3 Å². The highest BCUT2D eigenvalue weighted by Crippen LogP contribution is 2.34. The summed E-state index contributed by atoms with van der Waals surface area (Å²) in [5, 5.41) is 3.41. The van der Waals surface area contributed by atoms with Crippen LogP contribution < -0.4 is 5.32 Å². The lowest BCUT2D eigenvalue weighted by Crippen LogP contribution is -2.46. The number of likely N-dealkylation sites (tertiary alicyclic amines) is 1. The maximum Gasteiger partial charge on any atom is 0.0472 e. The molecule has 21 heavy (non-hydrogen) atoms. The van der Waals surface area contributed by atoms with E-state index in [4.69, 9.17) is 4.74 Å². The number of ether oxygens (including phenoxy) is 1. The number of benzene rings is 1. The molecule has 0 aromatic heterocycles. The number of nitrogens with zero attached hydrogens (tertiary/aromatic N) is 1. The van der Waals surface area contributed by atoms with Crippen molar-refractivity contribution in [3.05, 3.63) is 35.9 Å². The number of hydrogen-bond donors (Lipinski definition) is 1. The summed E-state index contributed by atoms with van der Waals surface area (Å²) in [7, 11) is 2.08. The summed E-state index contributed by atoms with van der Waals surface area (Å²) in [5.74, 6) is 0.720. The largest absolute Gasteiger partial charge is 0.381 e. The van der Waals surface area contributed by atoms with E-state index in [1.807, 2.05) is 0 Å². The summed E-state index contributed by atoms with van der Waals surface area (Å²) in [5.41, 5.74) is 1.92. The first-order valence-corrected chi connectivity index (χ1v) is 8.31. The minimum atomic E-state index is 0.415. The molecule has 2 aliphatic heterocycles. The quantitative estimate of drug-likeness (QED) is 0.901. The first-order valence-electron chi connectivity index (χ1n) is 8.31. The van der Waals surface area contributed by atoms with Crippen molar-refractivity contribution in [2.45, 2.75) is 25.2 Å². The van der Waals surface area contributed by atoms with E-state index in [0.717, 1.165) is 25.7 Å². The van der Waals surface area contributed by atoms with Gasteiger partial charge in [0.15, 0.2) is 0 Å². The van der Waals surface area contributed by atoms with Gasteiger partial charge in [0.2, 0.25) is 0 Å². The average Bonchev–Trinajstić information content (AvgIpc) is 2.97. The number of rotatable bonds is 5. The van der Waals surface area contributed by atoms with Crippen molar-refractivity contribution in [3.8, 4) is 0 Å². The maximum absolute atomic E-state index is 5.58. The standard InChI is InChI=1S/C18H28N2O/c1-19-14-18(8-11-21-12-9-18)15-20-10-7-17(13-20)16-5-3-2-4-6-16/h2-6,17,19H,7-15H2,1H3. The Morgan fingerprint density at radius 2 is 2.00 bits per heavy atom. The van der Waals surface area contributed by atoms with Crippen LogP contribution in [0.25, 0.3) is 0 Å². The normalized spacial score (nSPS) is 26.0. The molecule has 0 spiro atoms. The molecule has 1 unspecified atom stereocenters. The Morgan fingerprint density at radius 1 is 1.24 bits per heavy atom. The molecular formula is C18H28N2O. The highest BCUT2D eigenvalue weighted by molar-refractivity contribution is 5.21. The SMILES string of the molecule is CNCC1(CN2CCC(c3ccccc3)C2)CCOCC1. The molecule has 0 radical (unpaired) electrons. The summed E-state index contributed by atoms with van der Waals surface area (Å²) < 4.78 is 5.58. The molecule has 1 aromatic carbocycles. The third-order valence-corrected chi connectivity index (χ3v) is 5.21. The van der Waals surface area contributed by atoms with Gasteiger partial charge in [0.25, 0.3) is 0 Å². The van der Waals surface area contributed by atoms with E-state index in [1.165, 1.54) is 44.5 Å². The Balaban J connectivity index is 1.60. The van der Waals surface area contributed by atoms with Crippen molar-refractivity contribution in [2.24, 2.45) is 5.41 Å². The zero-order chi connectivity index (χ0) is 14.5. The van der Waals surface area contributed by atoms with Gasteiger partial charge in [0, 0.05) is 32.8 Å². The van der Waals surface area contributed by atoms with Crippen LogP contribution in [0.3, 0.4) is 0 Å². The van der Waals surface area contributed by atoms with E-state index >= 15 is 0 Å². The second kappa shape index (κ2) is 6.91. The predicted octanol–water partition coefficient (Wildman–Crippen LogP) is 2.49. The van der Waals surface area contributed by atoms with Crippen LogP contribution in [0.1, 0.15) is 30.7 Å². The molecule has 2 aliphatic rings. The van der Waals surface area contributed by atoms with Crippen molar-refractivity contribution >= 4 is 0 Å². The Bertz CT molecular complexity index is 423. The Morgan fingerprint density at radius 3 is 2.71 bits per heavy atom. The Labute approximate surface area is 128 Å². The molecule has 0 aliphatic carbocycles. The van der Waals surface area contributed by atoms with Gasteiger partial charge < -0.3 is 15.0 Å². The molecule has 2 heterocycles. The first-order chi connectivity index (χ1) is 10.3. The molecule has 0 amide bonds. The van der Waals surface area contributed by atoms with E-state index in [9.17, 15) is 0 Å². The molecule has 0 saturated carbocycles. The average molecular weight is 288 g/mol. The van der Waals surface area contributed by atoms with Crippen LogP contribution in [0.4, 0.5) is 0 Å². The van der Waals surface area contributed by atoms with Crippen LogP contribution in [0.15, 0.2) is 30.3 Å². The molecule has 1 atom stereocenters. The Hall–Kier alpha value is -0.900. The molecule has 3 heteroatoms. The van der Waals surface area contributed by atoms with Crippen molar-refractivity contribution < 1.29 is 4.74 Å². The second-order valence-corrected chi connectivity index (χ2v) is 6.77. The lowest BCUT2D eigenvalue weighted by Gasteiger charge is -2.40. The molecule has 1 N–H and O–H groups in total. The summed E-state index contributed by atoms with van der Waals surface area (Å²) in [6, 6.07) is 11.0. The molecule has 116 valence electrons. The second-order valence-electron chi connectivity index (χ2n) is 6.77. The molecule has 3 nitrogen and oxygen atoms in total. The highest BCUT2D eigenvalue weighted by atomic mass is 16.5. The van der Waals surface area contributed by atoms with Gasteiger partial charge in [-0.05, 0) is 49.8 Å². The zero-order valence-corrected chi connectivity index (χ0v) is 13.2. The molecule has 0 bridgehead atoms. The summed E-state index contributed by atoms with van der Waals surface area (Å²) in [6.45, 7) is 6.65. The van der Waals surface area contributed by atoms with E-state index in [-0.39, 0.29) is 0 Å². The van der Waals surface area contributed by atoms with E-state index in [0.29, 0.717) is 5.41 Å². The molecule has 2 saturated heterocycles. The van der Waals surface area contributed by atoms with Crippen LogP contribution in [0.5, 0.6) is 0 Å². The van der Waals surface area contributed by atoms with Crippen LogP contribution in [0, 0.1) is 5.41 Å². The Kier molecular flexibility index (Phi) is 4.94. The van der Waals surface area contributed by atoms with Crippen LogP contribution in [0.2, 0.25) is 0 Å².